The van der Waals surface area contributed by atoms with Gasteiger partial charge in [0.15, 0.2) is 5.13 Å². The molecule has 0 aliphatic carbocycles. The second-order valence-electron chi connectivity index (χ2n) is 5.37. The van der Waals surface area contributed by atoms with Crippen LogP contribution in [0.2, 0.25) is 0 Å². The zero-order valence-corrected chi connectivity index (χ0v) is 14.2. The first-order chi connectivity index (χ1) is 11.2. The molecule has 7 heteroatoms. The van der Waals surface area contributed by atoms with Crippen LogP contribution in [0.4, 0.5) is 5.13 Å². The highest BCUT2D eigenvalue weighted by molar-refractivity contribution is 7.13. The SMILES string of the molecule is CCOc1ccc(C(=O)N2CCN(c3nc(C)cs3)CC2)cn1. The standard InChI is InChI=1S/C16H20N4O2S/c1-3-22-14-5-4-13(10-17-14)15(21)19-6-8-20(9-7-19)16-18-12(2)11-23-16/h4-5,10-11H,3,6-9H2,1-2H3. The van der Waals surface area contributed by atoms with E-state index in [0.717, 1.165) is 23.9 Å². The molecular formula is C16H20N4O2S. The maximum absolute atomic E-state index is 12.5. The van der Waals surface area contributed by atoms with Gasteiger partial charge in [-0.2, -0.15) is 0 Å². The molecule has 2 aromatic rings. The zero-order valence-electron chi connectivity index (χ0n) is 13.4. The third-order valence-corrected chi connectivity index (χ3v) is 4.74. The number of hydrogen-bond acceptors (Lipinski definition) is 6. The molecule has 0 bridgehead atoms. The number of pyridine rings is 1. The number of aryl methyl sites for hydroxylation is 1. The number of rotatable bonds is 4. The number of amides is 1. The molecule has 3 heterocycles. The smallest absolute Gasteiger partial charge is 0.255 e. The van der Waals surface area contributed by atoms with Crippen LogP contribution in [0.3, 0.4) is 0 Å². The van der Waals surface area contributed by atoms with Crippen LogP contribution < -0.4 is 9.64 Å². The average Bonchev–Trinajstić information content (AvgIpc) is 3.02. The Labute approximate surface area is 139 Å². The fourth-order valence-electron chi connectivity index (χ4n) is 2.51. The summed E-state index contributed by atoms with van der Waals surface area (Å²) in [6.45, 7) is 7.49. The van der Waals surface area contributed by atoms with Gasteiger partial charge < -0.3 is 14.5 Å². The van der Waals surface area contributed by atoms with E-state index in [2.05, 4.69) is 20.2 Å². The molecule has 0 atom stereocenters. The van der Waals surface area contributed by atoms with Crippen LogP contribution in [0.5, 0.6) is 5.88 Å². The van der Waals surface area contributed by atoms with Crippen molar-refractivity contribution in [2.24, 2.45) is 0 Å². The molecule has 1 fully saturated rings. The van der Waals surface area contributed by atoms with Gasteiger partial charge in [-0.15, -0.1) is 11.3 Å². The summed E-state index contributed by atoms with van der Waals surface area (Å²) in [7, 11) is 0. The number of ether oxygens (including phenoxy) is 1. The molecule has 0 spiro atoms. The molecule has 0 N–H and O–H groups in total. The van der Waals surface area contributed by atoms with Crippen LogP contribution >= 0.6 is 11.3 Å². The number of aromatic nitrogens is 2. The Bertz CT molecular complexity index is 663. The van der Waals surface area contributed by atoms with E-state index in [0.29, 0.717) is 31.1 Å². The quantitative estimate of drug-likeness (QED) is 0.859. The van der Waals surface area contributed by atoms with Crippen LogP contribution in [0.25, 0.3) is 0 Å². The van der Waals surface area contributed by atoms with Crippen LogP contribution in [-0.4, -0.2) is 53.6 Å². The first kappa shape index (κ1) is 15.7. The first-order valence-corrected chi connectivity index (χ1v) is 8.60. The molecule has 122 valence electrons. The lowest BCUT2D eigenvalue weighted by molar-refractivity contribution is 0.0746. The van der Waals surface area contributed by atoms with Gasteiger partial charge in [0.25, 0.3) is 5.91 Å². The lowest BCUT2D eigenvalue weighted by atomic mass is 10.2. The van der Waals surface area contributed by atoms with Gasteiger partial charge in [0.1, 0.15) is 0 Å². The minimum absolute atomic E-state index is 0.0236. The molecule has 3 rings (SSSR count). The molecular weight excluding hydrogens is 312 g/mol. The maximum Gasteiger partial charge on any atom is 0.255 e. The topological polar surface area (TPSA) is 58.6 Å². The summed E-state index contributed by atoms with van der Waals surface area (Å²) in [5.41, 5.74) is 1.65. The number of carbonyl (C=O) groups excluding carboxylic acids is 1. The zero-order chi connectivity index (χ0) is 16.2. The Hall–Kier alpha value is -2.15. The second kappa shape index (κ2) is 6.95. The van der Waals surface area contributed by atoms with Crippen LogP contribution in [0.1, 0.15) is 23.0 Å². The monoisotopic (exact) mass is 332 g/mol. The van der Waals surface area contributed by atoms with E-state index >= 15 is 0 Å². The molecule has 0 saturated carbocycles. The Balaban J connectivity index is 1.59. The van der Waals surface area contributed by atoms with Crippen LogP contribution in [0, 0.1) is 6.92 Å². The molecule has 1 amide bonds. The number of carbonyl (C=O) groups is 1. The molecule has 0 radical (unpaired) electrons. The highest BCUT2D eigenvalue weighted by Crippen LogP contribution is 2.22. The number of thiazole rings is 1. The molecule has 23 heavy (non-hydrogen) atoms. The van der Waals surface area contributed by atoms with Crippen molar-refractivity contribution in [3.05, 3.63) is 35.0 Å². The van der Waals surface area contributed by atoms with Crippen molar-refractivity contribution in [2.45, 2.75) is 13.8 Å². The van der Waals surface area contributed by atoms with Crippen molar-refractivity contribution in [3.8, 4) is 5.88 Å². The molecule has 1 aliphatic heterocycles. The molecule has 1 aliphatic rings. The highest BCUT2D eigenvalue weighted by atomic mass is 32.1. The summed E-state index contributed by atoms with van der Waals surface area (Å²) < 4.78 is 5.30. The summed E-state index contributed by atoms with van der Waals surface area (Å²) in [6, 6.07) is 3.52. The third-order valence-electron chi connectivity index (χ3n) is 3.72. The first-order valence-electron chi connectivity index (χ1n) is 7.72. The number of nitrogens with zero attached hydrogens (tertiary/aromatic N) is 4. The van der Waals surface area contributed by atoms with Gasteiger partial charge in [0.2, 0.25) is 5.88 Å². The number of anilines is 1. The Morgan fingerprint density at radius 1 is 1.30 bits per heavy atom. The molecule has 1 saturated heterocycles. The van der Waals surface area contributed by atoms with Crippen molar-refractivity contribution < 1.29 is 9.53 Å². The maximum atomic E-state index is 12.5. The molecule has 2 aromatic heterocycles. The number of hydrogen-bond donors (Lipinski definition) is 0. The van der Waals surface area contributed by atoms with E-state index in [-0.39, 0.29) is 5.91 Å². The van der Waals surface area contributed by atoms with Crippen molar-refractivity contribution in [2.75, 3.05) is 37.7 Å². The lowest BCUT2D eigenvalue weighted by Gasteiger charge is -2.34. The largest absolute Gasteiger partial charge is 0.478 e. The van der Waals surface area contributed by atoms with Gasteiger partial charge in [-0.3, -0.25) is 4.79 Å². The van der Waals surface area contributed by atoms with E-state index in [1.165, 1.54) is 0 Å². The molecule has 0 aromatic carbocycles. The predicted molar refractivity (Wildman–Crippen MR) is 90.4 cm³/mol. The van der Waals surface area contributed by atoms with E-state index in [1.54, 1.807) is 29.7 Å². The highest BCUT2D eigenvalue weighted by Gasteiger charge is 2.23. The fraction of sp³-hybridized carbons (Fsp3) is 0.438. The van der Waals surface area contributed by atoms with Crippen molar-refractivity contribution in [3.63, 3.8) is 0 Å². The minimum atomic E-state index is 0.0236. The van der Waals surface area contributed by atoms with E-state index in [9.17, 15) is 4.79 Å². The summed E-state index contributed by atoms with van der Waals surface area (Å²) in [5, 5.41) is 3.09. The van der Waals surface area contributed by atoms with Gasteiger partial charge >= 0.3 is 0 Å². The second-order valence-corrected chi connectivity index (χ2v) is 6.21. The van der Waals surface area contributed by atoms with Crippen LogP contribution in [0.15, 0.2) is 23.7 Å². The van der Waals surface area contributed by atoms with Gasteiger partial charge in [0.05, 0.1) is 17.9 Å². The number of piperazine rings is 1. The van der Waals surface area contributed by atoms with E-state index in [1.807, 2.05) is 18.7 Å². The lowest BCUT2D eigenvalue weighted by Crippen LogP contribution is -2.48. The normalized spacial score (nSPS) is 14.9. The predicted octanol–water partition coefficient (Wildman–Crippen LogP) is 2.21. The summed E-state index contributed by atoms with van der Waals surface area (Å²) >= 11 is 1.66. The Morgan fingerprint density at radius 3 is 2.65 bits per heavy atom. The van der Waals surface area contributed by atoms with Gasteiger partial charge in [-0.25, -0.2) is 9.97 Å². The third kappa shape index (κ3) is 3.61. The minimum Gasteiger partial charge on any atom is -0.478 e. The van der Waals surface area contributed by atoms with Gasteiger partial charge in [-0.05, 0) is 19.9 Å². The van der Waals surface area contributed by atoms with Crippen molar-refractivity contribution in [1.29, 1.82) is 0 Å². The van der Waals surface area contributed by atoms with Gasteiger partial charge in [0, 0.05) is 43.8 Å². The summed E-state index contributed by atoms with van der Waals surface area (Å²) in [6.07, 6.45) is 1.59. The van der Waals surface area contributed by atoms with Gasteiger partial charge in [-0.1, -0.05) is 0 Å². The van der Waals surface area contributed by atoms with E-state index < -0.39 is 0 Å². The fourth-order valence-corrected chi connectivity index (χ4v) is 3.37. The average molecular weight is 332 g/mol. The molecule has 0 unspecified atom stereocenters. The Kier molecular flexibility index (Phi) is 4.76. The van der Waals surface area contributed by atoms with Crippen molar-refractivity contribution in [1.82, 2.24) is 14.9 Å². The summed E-state index contributed by atoms with van der Waals surface area (Å²) in [4.78, 5) is 25.3. The van der Waals surface area contributed by atoms with Crippen LogP contribution in [-0.2, 0) is 0 Å². The summed E-state index contributed by atoms with van der Waals surface area (Å²) in [5.74, 6) is 0.573. The Morgan fingerprint density at radius 2 is 2.09 bits per heavy atom. The van der Waals surface area contributed by atoms with Crippen molar-refractivity contribution >= 4 is 22.4 Å². The van der Waals surface area contributed by atoms with E-state index in [4.69, 9.17) is 4.74 Å². The molecule has 6 nitrogen and oxygen atoms in total.